The number of halogens is 1. The Kier molecular flexibility index (Phi) is 8.70. The predicted molar refractivity (Wildman–Crippen MR) is 144 cm³/mol. The molecule has 2 fully saturated rings. The number of rotatable bonds is 7. The van der Waals surface area contributed by atoms with Crippen molar-refractivity contribution < 1.29 is 4.74 Å². The van der Waals surface area contributed by atoms with Gasteiger partial charge in [0.1, 0.15) is 0 Å². The summed E-state index contributed by atoms with van der Waals surface area (Å²) in [6.45, 7) is 4.97. The SMILES string of the molecule is Cc1cccc(C(CCNC2CCC(N)CC2)c2cn(C3CCOCC3)c3ccccc23)c1.Cl. The lowest BCUT2D eigenvalue weighted by Crippen LogP contribution is -2.38. The van der Waals surface area contributed by atoms with E-state index in [1.807, 2.05) is 0 Å². The second kappa shape index (κ2) is 11.7. The lowest BCUT2D eigenvalue weighted by atomic mass is 9.87. The second-order valence-electron chi connectivity index (χ2n) is 10.2. The molecule has 2 aliphatic rings. The summed E-state index contributed by atoms with van der Waals surface area (Å²) in [6, 6.07) is 19.6. The molecule has 34 heavy (non-hydrogen) atoms. The summed E-state index contributed by atoms with van der Waals surface area (Å²) in [5.74, 6) is 0.384. The van der Waals surface area contributed by atoms with Crippen LogP contribution >= 0.6 is 12.4 Å². The molecule has 4 nitrogen and oxygen atoms in total. The fraction of sp³-hybridized carbons (Fsp3) is 0.517. The number of hydrogen-bond acceptors (Lipinski definition) is 3. The lowest BCUT2D eigenvalue weighted by Gasteiger charge is -2.28. The van der Waals surface area contributed by atoms with E-state index in [4.69, 9.17) is 10.5 Å². The molecular formula is C29H40ClN3O. The van der Waals surface area contributed by atoms with Gasteiger partial charge in [0.2, 0.25) is 0 Å². The number of nitrogens with one attached hydrogen (secondary N) is 1. The first-order valence-corrected chi connectivity index (χ1v) is 12.9. The summed E-state index contributed by atoms with van der Waals surface area (Å²) < 4.78 is 8.21. The number of nitrogens with two attached hydrogens (primary N) is 1. The van der Waals surface area contributed by atoms with Crippen LogP contribution in [-0.2, 0) is 4.74 Å². The minimum Gasteiger partial charge on any atom is -0.381 e. The van der Waals surface area contributed by atoms with Crippen LogP contribution in [0, 0.1) is 6.92 Å². The first-order chi connectivity index (χ1) is 16.2. The van der Waals surface area contributed by atoms with Gasteiger partial charge in [-0.1, -0.05) is 48.0 Å². The molecule has 1 aromatic heterocycles. The van der Waals surface area contributed by atoms with Crippen LogP contribution in [0.3, 0.4) is 0 Å². The van der Waals surface area contributed by atoms with Gasteiger partial charge in [-0.05, 0) is 75.6 Å². The number of aromatic nitrogens is 1. The van der Waals surface area contributed by atoms with Gasteiger partial charge in [-0.3, -0.25) is 0 Å². The van der Waals surface area contributed by atoms with E-state index in [9.17, 15) is 0 Å². The molecule has 5 rings (SSSR count). The van der Waals surface area contributed by atoms with E-state index in [0.717, 1.165) is 51.9 Å². The van der Waals surface area contributed by atoms with Crippen molar-refractivity contribution in [1.29, 1.82) is 0 Å². The Morgan fingerprint density at radius 1 is 1.00 bits per heavy atom. The summed E-state index contributed by atoms with van der Waals surface area (Å²) in [6.07, 6.45) is 10.5. The zero-order valence-electron chi connectivity index (χ0n) is 20.4. The van der Waals surface area contributed by atoms with Gasteiger partial charge in [0.15, 0.2) is 0 Å². The summed E-state index contributed by atoms with van der Waals surface area (Å²) in [7, 11) is 0. The molecule has 1 atom stereocenters. The second-order valence-corrected chi connectivity index (χ2v) is 10.2. The molecule has 3 aromatic rings. The Bertz CT molecular complexity index is 1050. The molecule has 3 N–H and O–H groups in total. The standard InChI is InChI=1S/C29H39N3O.ClH/c1-21-5-4-6-22(19-21)26(13-16-31-24-11-9-23(30)10-12-24)28-20-32(25-14-17-33-18-15-25)29-8-3-2-7-27(28)29;/h2-8,19-20,23-26,31H,9-18,30H2,1H3;1H. The predicted octanol–water partition coefficient (Wildman–Crippen LogP) is 6.10. The van der Waals surface area contributed by atoms with Gasteiger partial charge in [0.05, 0.1) is 0 Å². The van der Waals surface area contributed by atoms with Gasteiger partial charge in [-0.25, -0.2) is 0 Å². The molecule has 2 heterocycles. The topological polar surface area (TPSA) is 52.2 Å². The van der Waals surface area contributed by atoms with E-state index in [-0.39, 0.29) is 12.4 Å². The number of para-hydroxylation sites is 1. The maximum absolute atomic E-state index is 6.12. The van der Waals surface area contributed by atoms with Crippen LogP contribution in [0.4, 0.5) is 0 Å². The van der Waals surface area contributed by atoms with E-state index in [1.165, 1.54) is 40.4 Å². The van der Waals surface area contributed by atoms with Crippen molar-refractivity contribution in [3.05, 3.63) is 71.4 Å². The first-order valence-electron chi connectivity index (χ1n) is 12.9. The molecule has 1 aliphatic carbocycles. The van der Waals surface area contributed by atoms with E-state index in [2.05, 4.69) is 71.5 Å². The molecule has 1 saturated carbocycles. The summed E-state index contributed by atoms with van der Waals surface area (Å²) in [5, 5.41) is 5.27. The first kappa shape index (κ1) is 25.2. The largest absolute Gasteiger partial charge is 0.381 e. The zero-order chi connectivity index (χ0) is 22.6. The summed E-state index contributed by atoms with van der Waals surface area (Å²) >= 11 is 0. The normalized spacial score (nSPS) is 22.4. The fourth-order valence-corrected chi connectivity index (χ4v) is 5.92. The van der Waals surface area contributed by atoms with Crippen LogP contribution in [0.1, 0.15) is 73.6 Å². The molecule has 0 radical (unpaired) electrons. The highest BCUT2D eigenvalue weighted by atomic mass is 35.5. The van der Waals surface area contributed by atoms with Gasteiger partial charge < -0.3 is 20.4 Å². The average Bonchev–Trinajstić information content (AvgIpc) is 3.23. The van der Waals surface area contributed by atoms with Crippen molar-refractivity contribution in [1.82, 2.24) is 9.88 Å². The maximum Gasteiger partial charge on any atom is 0.0486 e. The van der Waals surface area contributed by atoms with Crippen molar-refractivity contribution >= 4 is 23.3 Å². The van der Waals surface area contributed by atoms with Crippen molar-refractivity contribution in [3.8, 4) is 0 Å². The van der Waals surface area contributed by atoms with E-state index in [1.54, 1.807) is 0 Å². The van der Waals surface area contributed by atoms with Crippen LogP contribution in [-0.4, -0.2) is 36.4 Å². The van der Waals surface area contributed by atoms with Crippen LogP contribution in [0.2, 0.25) is 0 Å². The lowest BCUT2D eigenvalue weighted by molar-refractivity contribution is 0.0707. The number of ether oxygens (including phenoxy) is 1. The molecule has 184 valence electrons. The minimum absolute atomic E-state index is 0. The van der Waals surface area contributed by atoms with Gasteiger partial charge in [-0.2, -0.15) is 0 Å². The van der Waals surface area contributed by atoms with E-state index >= 15 is 0 Å². The third-order valence-corrected chi connectivity index (χ3v) is 7.81. The van der Waals surface area contributed by atoms with Gasteiger partial charge in [0.25, 0.3) is 0 Å². The number of benzene rings is 2. The molecule has 1 saturated heterocycles. The molecule has 2 aromatic carbocycles. The smallest absolute Gasteiger partial charge is 0.0486 e. The molecule has 0 bridgehead atoms. The number of aryl methyl sites for hydroxylation is 1. The van der Waals surface area contributed by atoms with Gasteiger partial charge in [-0.15, -0.1) is 12.4 Å². The van der Waals surface area contributed by atoms with Crippen molar-refractivity contribution in [2.45, 2.75) is 75.9 Å². The van der Waals surface area contributed by atoms with Crippen molar-refractivity contribution in [2.75, 3.05) is 19.8 Å². The molecular weight excluding hydrogens is 442 g/mol. The Labute approximate surface area is 210 Å². The molecule has 1 aliphatic heterocycles. The third kappa shape index (κ3) is 5.68. The van der Waals surface area contributed by atoms with Crippen LogP contribution in [0.25, 0.3) is 10.9 Å². The number of hydrogen-bond donors (Lipinski definition) is 2. The Morgan fingerprint density at radius 3 is 2.53 bits per heavy atom. The number of fused-ring (bicyclic) bond motifs is 1. The van der Waals surface area contributed by atoms with Gasteiger partial charge >= 0.3 is 0 Å². The quantitative estimate of drug-likeness (QED) is 0.428. The fourth-order valence-electron chi connectivity index (χ4n) is 5.92. The van der Waals surface area contributed by atoms with E-state index < -0.39 is 0 Å². The average molecular weight is 482 g/mol. The Balaban J connectivity index is 0.00000274. The third-order valence-electron chi connectivity index (χ3n) is 7.81. The molecule has 0 amide bonds. The molecule has 1 unspecified atom stereocenters. The van der Waals surface area contributed by atoms with Crippen molar-refractivity contribution in [2.24, 2.45) is 5.73 Å². The molecule has 5 heteroatoms. The highest BCUT2D eigenvalue weighted by Gasteiger charge is 2.24. The van der Waals surface area contributed by atoms with E-state index in [0.29, 0.717) is 24.0 Å². The number of nitrogens with zero attached hydrogens (tertiary/aromatic N) is 1. The summed E-state index contributed by atoms with van der Waals surface area (Å²) in [4.78, 5) is 0. The highest BCUT2D eigenvalue weighted by molar-refractivity contribution is 5.85. The monoisotopic (exact) mass is 481 g/mol. The molecule has 0 spiro atoms. The highest BCUT2D eigenvalue weighted by Crippen LogP contribution is 2.37. The maximum atomic E-state index is 6.12. The van der Waals surface area contributed by atoms with Gasteiger partial charge in [0, 0.05) is 54.4 Å². The van der Waals surface area contributed by atoms with Crippen LogP contribution < -0.4 is 11.1 Å². The summed E-state index contributed by atoms with van der Waals surface area (Å²) in [5.41, 5.74) is 11.7. The van der Waals surface area contributed by atoms with Crippen LogP contribution in [0.15, 0.2) is 54.7 Å². The zero-order valence-corrected chi connectivity index (χ0v) is 21.2. The Hall–Kier alpha value is -1.85. The Morgan fingerprint density at radius 2 is 1.76 bits per heavy atom. The minimum atomic E-state index is 0. The van der Waals surface area contributed by atoms with Crippen LogP contribution in [0.5, 0.6) is 0 Å². The van der Waals surface area contributed by atoms with Crippen molar-refractivity contribution in [3.63, 3.8) is 0 Å².